The number of aryl methyl sites for hydroxylation is 1. The molecular formula is C16H15NO4. The van der Waals surface area contributed by atoms with Gasteiger partial charge < -0.3 is 15.2 Å². The van der Waals surface area contributed by atoms with E-state index >= 15 is 0 Å². The second-order valence-corrected chi connectivity index (χ2v) is 4.58. The summed E-state index contributed by atoms with van der Waals surface area (Å²) >= 11 is 0. The van der Waals surface area contributed by atoms with Crippen LogP contribution in [-0.4, -0.2) is 24.1 Å². The molecule has 2 aromatic carbocycles. The van der Waals surface area contributed by atoms with Crippen LogP contribution < -0.4 is 5.32 Å². The highest BCUT2D eigenvalue weighted by atomic mass is 16.5. The van der Waals surface area contributed by atoms with Gasteiger partial charge in [0.15, 0.2) is 0 Å². The summed E-state index contributed by atoms with van der Waals surface area (Å²) in [5, 5.41) is 12.2. The molecule has 2 rings (SSSR count). The Morgan fingerprint density at radius 2 is 1.71 bits per heavy atom. The number of benzene rings is 2. The minimum Gasteiger partial charge on any atom is -0.508 e. The Morgan fingerprint density at radius 3 is 2.29 bits per heavy atom. The van der Waals surface area contributed by atoms with Gasteiger partial charge in [0.1, 0.15) is 5.75 Å². The van der Waals surface area contributed by atoms with Gasteiger partial charge in [-0.1, -0.05) is 0 Å². The summed E-state index contributed by atoms with van der Waals surface area (Å²) in [6.07, 6.45) is 0. The smallest absolute Gasteiger partial charge is 0.337 e. The highest BCUT2D eigenvalue weighted by Gasteiger charge is 2.09. The molecule has 0 saturated heterocycles. The number of nitrogens with one attached hydrogen (secondary N) is 1. The summed E-state index contributed by atoms with van der Waals surface area (Å²) in [5.41, 5.74) is 2.11. The Morgan fingerprint density at radius 1 is 1.05 bits per heavy atom. The number of anilines is 1. The van der Waals surface area contributed by atoms with Crippen LogP contribution in [0.1, 0.15) is 26.3 Å². The molecule has 0 aliphatic carbocycles. The SMILES string of the molecule is COC(=O)c1ccc(NC(=O)c2cc(C)cc(O)c2)cc1. The summed E-state index contributed by atoms with van der Waals surface area (Å²) in [6, 6.07) is 11.0. The van der Waals surface area contributed by atoms with Gasteiger partial charge in [0, 0.05) is 11.3 Å². The molecule has 0 aliphatic heterocycles. The van der Waals surface area contributed by atoms with Gasteiger partial charge in [-0.15, -0.1) is 0 Å². The normalized spacial score (nSPS) is 10.0. The number of phenolic OH excluding ortho intramolecular Hbond substituents is 1. The summed E-state index contributed by atoms with van der Waals surface area (Å²) in [4.78, 5) is 23.4. The minimum atomic E-state index is -0.434. The molecule has 0 bridgehead atoms. The van der Waals surface area contributed by atoms with Crippen LogP contribution in [-0.2, 0) is 4.74 Å². The van der Waals surface area contributed by atoms with E-state index in [2.05, 4.69) is 10.1 Å². The van der Waals surface area contributed by atoms with Crippen molar-refractivity contribution in [1.29, 1.82) is 0 Å². The van der Waals surface area contributed by atoms with Crippen molar-refractivity contribution in [2.75, 3.05) is 12.4 Å². The number of hydrogen-bond acceptors (Lipinski definition) is 4. The maximum atomic E-state index is 12.1. The number of methoxy groups -OCH3 is 1. The molecule has 0 unspecified atom stereocenters. The topological polar surface area (TPSA) is 75.6 Å². The van der Waals surface area contributed by atoms with Gasteiger partial charge in [-0.2, -0.15) is 0 Å². The van der Waals surface area contributed by atoms with Crippen LogP contribution in [0.5, 0.6) is 5.75 Å². The van der Waals surface area contributed by atoms with E-state index in [4.69, 9.17) is 0 Å². The van der Waals surface area contributed by atoms with Gasteiger partial charge >= 0.3 is 5.97 Å². The predicted molar refractivity (Wildman–Crippen MR) is 78.6 cm³/mol. The van der Waals surface area contributed by atoms with Crippen molar-refractivity contribution in [2.24, 2.45) is 0 Å². The first kappa shape index (κ1) is 14.6. The quantitative estimate of drug-likeness (QED) is 0.850. The molecule has 21 heavy (non-hydrogen) atoms. The Balaban J connectivity index is 2.14. The monoisotopic (exact) mass is 285 g/mol. The number of amides is 1. The molecule has 1 amide bonds. The zero-order valence-electron chi connectivity index (χ0n) is 11.7. The first-order chi connectivity index (χ1) is 9.99. The minimum absolute atomic E-state index is 0.0428. The van der Waals surface area contributed by atoms with Gasteiger partial charge in [-0.25, -0.2) is 4.79 Å². The average molecular weight is 285 g/mol. The fraction of sp³-hybridized carbons (Fsp3) is 0.125. The van der Waals surface area contributed by atoms with Gasteiger partial charge in [-0.3, -0.25) is 4.79 Å². The number of carbonyl (C=O) groups excluding carboxylic acids is 2. The molecule has 5 heteroatoms. The molecule has 0 saturated carbocycles. The van der Waals surface area contributed by atoms with Crippen molar-refractivity contribution in [3.05, 3.63) is 59.2 Å². The van der Waals surface area contributed by atoms with Gasteiger partial charge in [0.05, 0.1) is 12.7 Å². The van der Waals surface area contributed by atoms with Crippen LogP contribution in [0.4, 0.5) is 5.69 Å². The first-order valence-corrected chi connectivity index (χ1v) is 6.30. The number of esters is 1. The largest absolute Gasteiger partial charge is 0.508 e. The molecule has 0 radical (unpaired) electrons. The maximum Gasteiger partial charge on any atom is 0.337 e. The lowest BCUT2D eigenvalue weighted by molar-refractivity contribution is 0.0600. The summed E-state index contributed by atoms with van der Waals surface area (Å²) in [5.74, 6) is -0.725. The summed E-state index contributed by atoms with van der Waals surface area (Å²) < 4.78 is 4.60. The van der Waals surface area contributed by atoms with Crippen LogP contribution in [0.3, 0.4) is 0 Å². The molecule has 2 N–H and O–H groups in total. The van der Waals surface area contributed by atoms with Crippen molar-refractivity contribution in [3.8, 4) is 5.75 Å². The second-order valence-electron chi connectivity index (χ2n) is 4.58. The highest BCUT2D eigenvalue weighted by molar-refractivity contribution is 6.04. The third-order valence-corrected chi connectivity index (χ3v) is 2.89. The summed E-state index contributed by atoms with van der Waals surface area (Å²) in [7, 11) is 1.31. The van der Waals surface area contributed by atoms with E-state index in [-0.39, 0.29) is 11.7 Å². The van der Waals surface area contributed by atoms with E-state index in [1.54, 1.807) is 43.3 Å². The number of aromatic hydroxyl groups is 1. The standard InChI is InChI=1S/C16H15NO4/c1-10-7-12(9-14(18)8-10)15(19)17-13-5-3-11(4-6-13)16(20)21-2/h3-9,18H,1-2H3,(H,17,19). The molecule has 2 aromatic rings. The lowest BCUT2D eigenvalue weighted by atomic mass is 10.1. The Hall–Kier alpha value is -2.82. The van der Waals surface area contributed by atoms with Crippen molar-refractivity contribution in [3.63, 3.8) is 0 Å². The molecular weight excluding hydrogens is 270 g/mol. The zero-order valence-corrected chi connectivity index (χ0v) is 11.7. The molecule has 0 spiro atoms. The van der Waals surface area contributed by atoms with Crippen LogP contribution in [0, 0.1) is 6.92 Å². The fourth-order valence-corrected chi connectivity index (χ4v) is 1.90. The van der Waals surface area contributed by atoms with Gasteiger partial charge in [0.25, 0.3) is 5.91 Å². The van der Waals surface area contributed by atoms with Gasteiger partial charge in [0.2, 0.25) is 0 Å². The molecule has 0 heterocycles. The molecule has 5 nitrogen and oxygen atoms in total. The number of carbonyl (C=O) groups is 2. The molecule has 0 aliphatic rings. The molecule has 0 fully saturated rings. The van der Waals surface area contributed by atoms with E-state index in [0.717, 1.165) is 5.56 Å². The third-order valence-electron chi connectivity index (χ3n) is 2.89. The van der Waals surface area contributed by atoms with Crippen molar-refractivity contribution >= 4 is 17.6 Å². The van der Waals surface area contributed by atoms with Crippen molar-refractivity contribution in [2.45, 2.75) is 6.92 Å². The highest BCUT2D eigenvalue weighted by Crippen LogP contribution is 2.17. The zero-order chi connectivity index (χ0) is 15.4. The van der Waals surface area contributed by atoms with Crippen molar-refractivity contribution in [1.82, 2.24) is 0 Å². The Labute approximate surface area is 122 Å². The van der Waals surface area contributed by atoms with E-state index < -0.39 is 5.97 Å². The number of rotatable bonds is 3. The van der Waals surface area contributed by atoms with Crippen LogP contribution in [0.2, 0.25) is 0 Å². The molecule has 0 atom stereocenters. The maximum absolute atomic E-state index is 12.1. The molecule has 0 aromatic heterocycles. The Kier molecular flexibility index (Phi) is 4.23. The van der Waals surface area contributed by atoms with E-state index in [0.29, 0.717) is 16.8 Å². The number of hydrogen-bond donors (Lipinski definition) is 2. The average Bonchev–Trinajstić information content (AvgIpc) is 2.46. The van der Waals surface area contributed by atoms with E-state index in [9.17, 15) is 14.7 Å². The van der Waals surface area contributed by atoms with Crippen molar-refractivity contribution < 1.29 is 19.4 Å². The van der Waals surface area contributed by atoms with Crippen LogP contribution in [0.25, 0.3) is 0 Å². The second kappa shape index (κ2) is 6.09. The summed E-state index contributed by atoms with van der Waals surface area (Å²) in [6.45, 7) is 1.79. The van der Waals surface area contributed by atoms with E-state index in [1.165, 1.54) is 13.2 Å². The Bertz CT molecular complexity index is 657. The lowest BCUT2D eigenvalue weighted by Crippen LogP contribution is -2.12. The van der Waals surface area contributed by atoms with Crippen LogP contribution >= 0.6 is 0 Å². The molecule has 108 valence electrons. The third kappa shape index (κ3) is 3.60. The van der Waals surface area contributed by atoms with E-state index in [1.807, 2.05) is 0 Å². The fourth-order valence-electron chi connectivity index (χ4n) is 1.90. The lowest BCUT2D eigenvalue weighted by Gasteiger charge is -2.07. The first-order valence-electron chi connectivity index (χ1n) is 6.30. The number of ether oxygens (including phenoxy) is 1. The predicted octanol–water partition coefficient (Wildman–Crippen LogP) is 2.74. The van der Waals surface area contributed by atoms with Gasteiger partial charge in [-0.05, 0) is 55.0 Å². The van der Waals surface area contributed by atoms with Crippen LogP contribution in [0.15, 0.2) is 42.5 Å². The number of phenols is 1.